The van der Waals surface area contributed by atoms with Gasteiger partial charge in [-0.05, 0) is 40.1 Å². The van der Waals surface area contributed by atoms with Crippen LogP contribution >= 0.6 is 0 Å². The second kappa shape index (κ2) is 6.55. The smallest absolute Gasteiger partial charge is 0.177 e. The Morgan fingerprint density at radius 1 is 1.22 bits per heavy atom. The molecule has 0 aromatic carbocycles. The fourth-order valence-electron chi connectivity index (χ4n) is 3.16. The van der Waals surface area contributed by atoms with Crippen LogP contribution in [0.3, 0.4) is 0 Å². The van der Waals surface area contributed by atoms with Gasteiger partial charge in [0.2, 0.25) is 0 Å². The fraction of sp³-hybridized carbons (Fsp3) is 0.316. The van der Waals surface area contributed by atoms with Gasteiger partial charge in [0.15, 0.2) is 17.2 Å². The first kappa shape index (κ1) is 17.3. The van der Waals surface area contributed by atoms with E-state index in [-0.39, 0.29) is 0 Å². The van der Waals surface area contributed by atoms with Crippen LogP contribution in [-0.4, -0.2) is 38.9 Å². The van der Waals surface area contributed by atoms with Gasteiger partial charge in [-0.1, -0.05) is 5.16 Å². The summed E-state index contributed by atoms with van der Waals surface area (Å²) in [6.45, 7) is 4.51. The number of furan rings is 1. The summed E-state index contributed by atoms with van der Waals surface area (Å²) < 4.78 is 13.1. The lowest BCUT2D eigenvalue weighted by Gasteiger charge is -2.07. The Morgan fingerprint density at radius 2 is 2.04 bits per heavy atom. The predicted octanol–water partition coefficient (Wildman–Crippen LogP) is 3.64. The maximum absolute atomic E-state index is 6.08. The molecule has 0 fully saturated rings. The molecule has 8 heteroatoms. The molecule has 0 spiro atoms. The summed E-state index contributed by atoms with van der Waals surface area (Å²) in [6, 6.07) is 5.94. The molecule has 0 unspecified atom stereocenters. The summed E-state index contributed by atoms with van der Waals surface area (Å²) in [5, 5.41) is 12.7. The van der Waals surface area contributed by atoms with Gasteiger partial charge in [-0.15, -0.1) is 0 Å². The number of fused-ring (bicyclic) bond motifs is 1. The molecular formula is C19H22N6O2. The topological polar surface area (TPSA) is 85.2 Å². The highest BCUT2D eigenvalue weighted by Gasteiger charge is 2.19. The Bertz CT molecular complexity index is 1090. The molecule has 4 heterocycles. The quantitative estimate of drug-likeness (QED) is 0.577. The van der Waals surface area contributed by atoms with E-state index in [0.29, 0.717) is 23.8 Å². The fourth-order valence-corrected chi connectivity index (χ4v) is 3.16. The standard InChI is InChI=1S/C19H22N6O2/c1-11-17(12(2)27-23-11)15-9-13-8-14(10-24(3)4)26-18(13)19(20-15)21-16-6-7-25(5)22-16/h6-9H,10H2,1-5H3,(H,20,21,22). The van der Waals surface area contributed by atoms with Gasteiger partial charge >= 0.3 is 0 Å². The maximum Gasteiger partial charge on any atom is 0.177 e. The average molecular weight is 366 g/mol. The van der Waals surface area contributed by atoms with Crippen LogP contribution < -0.4 is 5.32 Å². The van der Waals surface area contributed by atoms with Crippen molar-refractivity contribution in [3.63, 3.8) is 0 Å². The van der Waals surface area contributed by atoms with Crippen LogP contribution in [0.25, 0.3) is 22.2 Å². The lowest BCUT2D eigenvalue weighted by molar-refractivity contribution is 0.358. The maximum atomic E-state index is 6.08. The molecule has 0 aliphatic carbocycles. The van der Waals surface area contributed by atoms with E-state index in [4.69, 9.17) is 13.9 Å². The van der Waals surface area contributed by atoms with Gasteiger partial charge in [-0.25, -0.2) is 4.98 Å². The summed E-state index contributed by atoms with van der Waals surface area (Å²) in [5.41, 5.74) is 3.19. The SMILES string of the molecule is Cc1noc(C)c1-c1cc2cc(CN(C)C)oc2c(Nc2ccn(C)n2)n1. The summed E-state index contributed by atoms with van der Waals surface area (Å²) in [6.07, 6.45) is 1.87. The zero-order valence-corrected chi connectivity index (χ0v) is 16.1. The normalized spacial score (nSPS) is 11.6. The zero-order valence-electron chi connectivity index (χ0n) is 16.1. The van der Waals surface area contributed by atoms with Gasteiger partial charge in [-0.2, -0.15) is 5.10 Å². The van der Waals surface area contributed by atoms with E-state index in [1.165, 1.54) is 0 Å². The number of hydrogen-bond acceptors (Lipinski definition) is 7. The van der Waals surface area contributed by atoms with Crippen LogP contribution in [0.2, 0.25) is 0 Å². The summed E-state index contributed by atoms with van der Waals surface area (Å²) >= 11 is 0. The highest BCUT2D eigenvalue weighted by atomic mass is 16.5. The number of hydrogen-bond donors (Lipinski definition) is 1. The first-order chi connectivity index (χ1) is 12.9. The van der Waals surface area contributed by atoms with E-state index in [9.17, 15) is 0 Å². The number of nitrogens with zero attached hydrogens (tertiary/aromatic N) is 5. The van der Waals surface area contributed by atoms with E-state index in [1.807, 2.05) is 59.4 Å². The average Bonchev–Trinajstić information content (AvgIpc) is 3.26. The van der Waals surface area contributed by atoms with Crippen molar-refractivity contribution in [2.24, 2.45) is 7.05 Å². The third kappa shape index (κ3) is 3.31. The minimum atomic E-state index is 0.617. The van der Waals surface area contributed by atoms with Crippen LogP contribution in [0.4, 0.5) is 11.6 Å². The zero-order chi connectivity index (χ0) is 19.1. The van der Waals surface area contributed by atoms with E-state index in [0.717, 1.165) is 33.9 Å². The monoisotopic (exact) mass is 366 g/mol. The van der Waals surface area contributed by atoms with E-state index >= 15 is 0 Å². The molecule has 0 atom stereocenters. The van der Waals surface area contributed by atoms with E-state index in [2.05, 4.69) is 20.5 Å². The third-order valence-electron chi connectivity index (χ3n) is 4.27. The van der Waals surface area contributed by atoms with Crippen LogP contribution in [0.1, 0.15) is 17.2 Å². The van der Waals surface area contributed by atoms with Crippen molar-refractivity contribution in [2.75, 3.05) is 19.4 Å². The predicted molar refractivity (Wildman–Crippen MR) is 103 cm³/mol. The van der Waals surface area contributed by atoms with Crippen LogP contribution in [0.5, 0.6) is 0 Å². The first-order valence-electron chi connectivity index (χ1n) is 8.69. The number of pyridine rings is 1. The van der Waals surface area contributed by atoms with Gasteiger partial charge in [0.25, 0.3) is 0 Å². The van der Waals surface area contributed by atoms with Gasteiger partial charge in [0.05, 0.1) is 23.5 Å². The van der Waals surface area contributed by atoms with E-state index in [1.54, 1.807) is 4.68 Å². The number of anilines is 2. The Labute approximate surface area is 156 Å². The van der Waals surface area contributed by atoms with Crippen molar-refractivity contribution >= 4 is 22.6 Å². The molecule has 0 saturated heterocycles. The molecular weight excluding hydrogens is 344 g/mol. The minimum Gasteiger partial charge on any atom is -0.456 e. The van der Waals surface area contributed by atoms with Gasteiger partial charge < -0.3 is 19.2 Å². The summed E-state index contributed by atoms with van der Waals surface area (Å²) in [4.78, 5) is 6.86. The number of nitrogens with one attached hydrogen (secondary N) is 1. The van der Waals surface area contributed by atoms with Gasteiger partial charge in [0.1, 0.15) is 11.5 Å². The highest BCUT2D eigenvalue weighted by molar-refractivity contribution is 5.92. The van der Waals surface area contributed by atoms with Crippen molar-refractivity contribution in [1.29, 1.82) is 0 Å². The number of aromatic nitrogens is 4. The molecule has 0 radical (unpaired) electrons. The summed E-state index contributed by atoms with van der Waals surface area (Å²) in [5.74, 6) is 2.93. The molecule has 27 heavy (non-hydrogen) atoms. The minimum absolute atomic E-state index is 0.617. The van der Waals surface area contributed by atoms with Gasteiger partial charge in [0, 0.05) is 24.7 Å². The highest BCUT2D eigenvalue weighted by Crippen LogP contribution is 2.34. The van der Waals surface area contributed by atoms with Crippen molar-refractivity contribution in [3.8, 4) is 11.3 Å². The van der Waals surface area contributed by atoms with Gasteiger partial charge in [-0.3, -0.25) is 4.68 Å². The van der Waals surface area contributed by atoms with Crippen molar-refractivity contribution in [3.05, 3.63) is 41.6 Å². The molecule has 0 aliphatic heterocycles. The largest absolute Gasteiger partial charge is 0.456 e. The molecule has 4 aromatic rings. The second-order valence-corrected chi connectivity index (χ2v) is 6.92. The Morgan fingerprint density at radius 3 is 2.67 bits per heavy atom. The first-order valence-corrected chi connectivity index (χ1v) is 8.69. The third-order valence-corrected chi connectivity index (χ3v) is 4.27. The Hall–Kier alpha value is -3.13. The van der Waals surface area contributed by atoms with E-state index < -0.39 is 0 Å². The molecule has 1 N–H and O–H groups in total. The Balaban J connectivity index is 1.87. The summed E-state index contributed by atoms with van der Waals surface area (Å²) in [7, 11) is 5.89. The molecule has 0 aliphatic rings. The molecule has 0 bridgehead atoms. The number of aryl methyl sites for hydroxylation is 3. The molecule has 140 valence electrons. The molecule has 0 amide bonds. The molecule has 8 nitrogen and oxygen atoms in total. The molecule has 0 saturated carbocycles. The van der Waals surface area contributed by atoms with Crippen molar-refractivity contribution < 1.29 is 8.94 Å². The van der Waals surface area contributed by atoms with Crippen LogP contribution in [0, 0.1) is 13.8 Å². The lowest BCUT2D eigenvalue weighted by atomic mass is 10.1. The van der Waals surface area contributed by atoms with Crippen LogP contribution in [0.15, 0.2) is 33.3 Å². The second-order valence-electron chi connectivity index (χ2n) is 6.92. The molecule has 4 aromatic heterocycles. The lowest BCUT2D eigenvalue weighted by Crippen LogP contribution is -2.09. The Kier molecular flexibility index (Phi) is 4.19. The van der Waals surface area contributed by atoms with Crippen LogP contribution in [-0.2, 0) is 13.6 Å². The van der Waals surface area contributed by atoms with Crippen molar-refractivity contribution in [1.82, 2.24) is 24.8 Å². The van der Waals surface area contributed by atoms with Crippen molar-refractivity contribution in [2.45, 2.75) is 20.4 Å². The molecule has 4 rings (SSSR count). The number of rotatable bonds is 5.